The molecule has 0 spiro atoms. The molecule has 0 aliphatic carbocycles. The van der Waals surface area contributed by atoms with Crippen LogP contribution in [0.1, 0.15) is 17.0 Å². The molecule has 1 aliphatic rings. The molecule has 2 heterocycles. The van der Waals surface area contributed by atoms with Crippen molar-refractivity contribution in [2.24, 2.45) is 0 Å². The highest BCUT2D eigenvalue weighted by atomic mass is 32.2. The molecule has 0 radical (unpaired) electrons. The Morgan fingerprint density at radius 3 is 2.37 bits per heavy atom. The van der Waals surface area contributed by atoms with Gasteiger partial charge in [0.25, 0.3) is 0 Å². The van der Waals surface area contributed by atoms with Crippen LogP contribution in [-0.4, -0.2) is 60.5 Å². The highest BCUT2D eigenvalue weighted by Gasteiger charge is 2.27. The van der Waals surface area contributed by atoms with E-state index >= 15 is 0 Å². The van der Waals surface area contributed by atoms with Crippen molar-refractivity contribution in [3.63, 3.8) is 0 Å². The molecule has 1 fully saturated rings. The smallest absolute Gasteiger partial charge is 0.247 e. The maximum Gasteiger partial charge on any atom is 0.247 e. The fourth-order valence-electron chi connectivity index (χ4n) is 3.60. The predicted molar refractivity (Wildman–Crippen MR) is 115 cm³/mol. The Morgan fingerprint density at radius 2 is 1.63 bits per heavy atom. The highest BCUT2D eigenvalue weighted by Crippen LogP contribution is 2.18. The van der Waals surface area contributed by atoms with Crippen LogP contribution < -0.4 is 0 Å². The van der Waals surface area contributed by atoms with Crippen LogP contribution in [0.5, 0.6) is 0 Å². The van der Waals surface area contributed by atoms with Gasteiger partial charge in [-0.25, -0.2) is 8.42 Å². The maximum absolute atomic E-state index is 12.8. The van der Waals surface area contributed by atoms with Crippen LogP contribution in [0.25, 0.3) is 11.5 Å². The van der Waals surface area contributed by atoms with E-state index in [4.69, 9.17) is 4.42 Å². The minimum absolute atomic E-state index is 0.0594. The topological polar surface area (TPSA) is 79.5 Å². The molecule has 1 aliphatic heterocycles. The third kappa shape index (κ3) is 4.95. The third-order valence-corrected chi connectivity index (χ3v) is 7.28. The standard InChI is InChI=1S/C22H26N4O3S/c1-18-7-5-6-10-20(18)17-30(27,28)26-15-13-25(14-16-26)12-11-21-23-24-22(29-21)19-8-3-2-4-9-19/h2-10H,11-17H2,1H3. The number of aromatic nitrogens is 2. The average molecular weight is 427 g/mol. The normalized spacial score (nSPS) is 16.0. The Bertz CT molecular complexity index is 1070. The van der Waals surface area contributed by atoms with Crippen molar-refractivity contribution >= 4 is 10.0 Å². The van der Waals surface area contributed by atoms with Gasteiger partial charge in [-0.3, -0.25) is 0 Å². The number of sulfonamides is 1. The molecule has 8 heteroatoms. The first-order valence-electron chi connectivity index (χ1n) is 10.1. The van der Waals surface area contributed by atoms with Gasteiger partial charge >= 0.3 is 0 Å². The van der Waals surface area contributed by atoms with E-state index in [0.29, 0.717) is 44.4 Å². The van der Waals surface area contributed by atoms with Crippen molar-refractivity contribution in [3.05, 3.63) is 71.6 Å². The van der Waals surface area contributed by atoms with Crippen molar-refractivity contribution in [2.75, 3.05) is 32.7 Å². The average Bonchev–Trinajstić information content (AvgIpc) is 3.24. The Labute approximate surface area is 177 Å². The minimum atomic E-state index is -3.31. The number of nitrogens with zero attached hydrogens (tertiary/aromatic N) is 4. The van der Waals surface area contributed by atoms with Gasteiger partial charge in [0.1, 0.15) is 0 Å². The number of aryl methyl sites for hydroxylation is 1. The number of hydrogen-bond donors (Lipinski definition) is 0. The van der Waals surface area contributed by atoms with Crippen LogP contribution in [0.4, 0.5) is 0 Å². The summed E-state index contributed by atoms with van der Waals surface area (Å²) in [6.07, 6.45) is 0.649. The van der Waals surface area contributed by atoms with Gasteiger partial charge in [0, 0.05) is 44.7 Å². The summed E-state index contributed by atoms with van der Waals surface area (Å²) in [6, 6.07) is 17.3. The molecule has 0 atom stereocenters. The third-order valence-electron chi connectivity index (χ3n) is 5.45. The zero-order valence-electron chi connectivity index (χ0n) is 17.1. The molecule has 3 aromatic rings. The highest BCUT2D eigenvalue weighted by molar-refractivity contribution is 7.88. The van der Waals surface area contributed by atoms with E-state index in [1.54, 1.807) is 4.31 Å². The lowest BCUT2D eigenvalue weighted by Gasteiger charge is -2.33. The summed E-state index contributed by atoms with van der Waals surface area (Å²) < 4.78 is 33.0. The van der Waals surface area contributed by atoms with Gasteiger partial charge in [0.15, 0.2) is 0 Å². The maximum atomic E-state index is 12.8. The summed E-state index contributed by atoms with van der Waals surface area (Å²) >= 11 is 0. The van der Waals surface area contributed by atoms with E-state index < -0.39 is 10.0 Å². The van der Waals surface area contributed by atoms with E-state index in [1.165, 1.54) is 0 Å². The summed E-state index contributed by atoms with van der Waals surface area (Å²) in [7, 11) is -3.31. The Kier molecular flexibility index (Phi) is 6.26. The van der Waals surface area contributed by atoms with Crippen LogP contribution in [-0.2, 0) is 22.2 Å². The second kappa shape index (κ2) is 9.07. The number of hydrogen-bond acceptors (Lipinski definition) is 6. The lowest BCUT2D eigenvalue weighted by atomic mass is 10.1. The van der Waals surface area contributed by atoms with Gasteiger partial charge in [-0.05, 0) is 30.2 Å². The molecule has 0 bridgehead atoms. The Hall–Kier alpha value is -2.55. The molecule has 2 aromatic carbocycles. The van der Waals surface area contributed by atoms with Gasteiger partial charge in [0.2, 0.25) is 21.8 Å². The number of benzene rings is 2. The molecule has 4 rings (SSSR count). The summed E-state index contributed by atoms with van der Waals surface area (Å²) in [6.45, 7) is 5.13. The van der Waals surface area contributed by atoms with Crippen molar-refractivity contribution in [2.45, 2.75) is 19.1 Å². The summed E-state index contributed by atoms with van der Waals surface area (Å²) in [4.78, 5) is 2.24. The molecule has 0 unspecified atom stereocenters. The second-order valence-corrected chi connectivity index (χ2v) is 9.51. The fourth-order valence-corrected chi connectivity index (χ4v) is 5.22. The SMILES string of the molecule is Cc1ccccc1CS(=O)(=O)N1CCN(CCc2nnc(-c3ccccc3)o2)CC1. The Balaban J connectivity index is 1.28. The lowest BCUT2D eigenvalue weighted by Crippen LogP contribution is -2.49. The van der Waals surface area contributed by atoms with Crippen LogP contribution in [0.2, 0.25) is 0 Å². The molecule has 1 aromatic heterocycles. The molecule has 1 saturated heterocycles. The first-order chi connectivity index (χ1) is 14.5. The van der Waals surface area contributed by atoms with Gasteiger partial charge in [-0.1, -0.05) is 42.5 Å². The van der Waals surface area contributed by atoms with E-state index in [1.807, 2.05) is 61.5 Å². The van der Waals surface area contributed by atoms with Gasteiger partial charge in [0.05, 0.1) is 5.75 Å². The summed E-state index contributed by atoms with van der Waals surface area (Å²) in [5.41, 5.74) is 2.78. The number of rotatable bonds is 7. The van der Waals surface area contributed by atoms with E-state index in [0.717, 1.165) is 23.2 Å². The summed E-state index contributed by atoms with van der Waals surface area (Å²) in [5, 5.41) is 8.26. The van der Waals surface area contributed by atoms with Crippen molar-refractivity contribution < 1.29 is 12.8 Å². The molecule has 0 amide bonds. The number of piperazine rings is 1. The molecular weight excluding hydrogens is 400 g/mol. The molecule has 7 nitrogen and oxygen atoms in total. The van der Waals surface area contributed by atoms with Gasteiger partial charge in [-0.15, -0.1) is 10.2 Å². The zero-order chi connectivity index (χ0) is 21.0. The minimum Gasteiger partial charge on any atom is -0.421 e. The van der Waals surface area contributed by atoms with E-state index in [-0.39, 0.29) is 5.75 Å². The summed E-state index contributed by atoms with van der Waals surface area (Å²) in [5.74, 6) is 1.19. The molecule has 158 valence electrons. The van der Waals surface area contributed by atoms with E-state index in [9.17, 15) is 8.42 Å². The lowest BCUT2D eigenvalue weighted by molar-refractivity contribution is 0.187. The first-order valence-corrected chi connectivity index (χ1v) is 11.7. The molecule has 30 heavy (non-hydrogen) atoms. The largest absolute Gasteiger partial charge is 0.421 e. The van der Waals surface area contributed by atoms with Crippen molar-refractivity contribution in [1.29, 1.82) is 0 Å². The van der Waals surface area contributed by atoms with Gasteiger partial charge in [-0.2, -0.15) is 4.31 Å². The second-order valence-electron chi connectivity index (χ2n) is 7.54. The monoisotopic (exact) mass is 426 g/mol. The van der Waals surface area contributed by atoms with Crippen LogP contribution >= 0.6 is 0 Å². The quantitative estimate of drug-likeness (QED) is 0.578. The van der Waals surface area contributed by atoms with Crippen LogP contribution in [0, 0.1) is 6.92 Å². The first kappa shape index (κ1) is 20.7. The van der Waals surface area contributed by atoms with Gasteiger partial charge < -0.3 is 9.32 Å². The molecule has 0 N–H and O–H groups in total. The van der Waals surface area contributed by atoms with Crippen LogP contribution in [0.3, 0.4) is 0 Å². The van der Waals surface area contributed by atoms with Crippen molar-refractivity contribution in [3.8, 4) is 11.5 Å². The molecule has 0 saturated carbocycles. The predicted octanol–water partition coefficient (Wildman–Crippen LogP) is 2.74. The fraction of sp³-hybridized carbons (Fsp3) is 0.364. The zero-order valence-corrected chi connectivity index (χ0v) is 17.9. The van der Waals surface area contributed by atoms with E-state index in [2.05, 4.69) is 15.1 Å². The van der Waals surface area contributed by atoms with Crippen molar-refractivity contribution in [1.82, 2.24) is 19.4 Å². The van der Waals surface area contributed by atoms with Crippen LogP contribution in [0.15, 0.2) is 59.0 Å². The molecular formula is C22H26N4O3S. The Morgan fingerprint density at radius 1 is 0.933 bits per heavy atom.